The standard InChI is InChI=1S/C11H11N5S/c12-5-3-11-14-13-10-2-1-9(15-16(10)11)8-4-6-17-7-8/h1-2,4,6-7H,3,5,12H2. The van der Waals surface area contributed by atoms with Crippen molar-refractivity contribution in [3.05, 3.63) is 34.8 Å². The summed E-state index contributed by atoms with van der Waals surface area (Å²) in [7, 11) is 0. The van der Waals surface area contributed by atoms with Gasteiger partial charge in [-0.05, 0) is 30.1 Å². The number of thiophene rings is 1. The summed E-state index contributed by atoms with van der Waals surface area (Å²) in [5.41, 5.74) is 8.34. The minimum atomic E-state index is 0.547. The number of hydrogen-bond acceptors (Lipinski definition) is 5. The maximum Gasteiger partial charge on any atom is 0.177 e. The average Bonchev–Trinajstić information content (AvgIpc) is 2.98. The first-order valence-corrected chi connectivity index (χ1v) is 6.27. The highest BCUT2D eigenvalue weighted by atomic mass is 32.1. The topological polar surface area (TPSA) is 69.1 Å². The van der Waals surface area contributed by atoms with Crippen LogP contribution in [0.3, 0.4) is 0 Å². The second-order valence-electron chi connectivity index (χ2n) is 3.66. The smallest absolute Gasteiger partial charge is 0.177 e. The molecule has 0 saturated heterocycles. The molecule has 3 aromatic rings. The van der Waals surface area contributed by atoms with E-state index in [0.717, 1.165) is 22.7 Å². The lowest BCUT2D eigenvalue weighted by molar-refractivity contribution is 0.793. The Morgan fingerprint density at radius 3 is 2.94 bits per heavy atom. The van der Waals surface area contributed by atoms with Gasteiger partial charge in [-0.1, -0.05) is 0 Å². The van der Waals surface area contributed by atoms with E-state index in [1.54, 1.807) is 15.9 Å². The molecule has 3 aromatic heterocycles. The van der Waals surface area contributed by atoms with Crippen molar-refractivity contribution in [2.45, 2.75) is 6.42 Å². The van der Waals surface area contributed by atoms with E-state index >= 15 is 0 Å². The fourth-order valence-corrected chi connectivity index (χ4v) is 2.33. The summed E-state index contributed by atoms with van der Waals surface area (Å²) >= 11 is 1.66. The monoisotopic (exact) mass is 245 g/mol. The zero-order valence-corrected chi connectivity index (χ0v) is 9.89. The van der Waals surface area contributed by atoms with Gasteiger partial charge in [-0.3, -0.25) is 0 Å². The Labute approximate surface area is 102 Å². The van der Waals surface area contributed by atoms with Crippen molar-refractivity contribution in [3.63, 3.8) is 0 Å². The summed E-state index contributed by atoms with van der Waals surface area (Å²) in [6.45, 7) is 0.547. The molecule has 0 atom stereocenters. The Balaban J connectivity index is 2.13. The van der Waals surface area contributed by atoms with Crippen LogP contribution in [-0.2, 0) is 6.42 Å². The molecule has 3 rings (SSSR count). The van der Waals surface area contributed by atoms with Crippen molar-refractivity contribution in [2.24, 2.45) is 5.73 Å². The average molecular weight is 245 g/mol. The van der Waals surface area contributed by atoms with E-state index in [4.69, 9.17) is 5.73 Å². The summed E-state index contributed by atoms with van der Waals surface area (Å²) < 4.78 is 1.76. The molecule has 0 bridgehead atoms. The van der Waals surface area contributed by atoms with E-state index in [2.05, 4.69) is 20.7 Å². The number of nitrogens with two attached hydrogens (primary N) is 1. The lowest BCUT2D eigenvalue weighted by atomic mass is 10.2. The minimum Gasteiger partial charge on any atom is -0.330 e. The zero-order chi connectivity index (χ0) is 11.7. The Morgan fingerprint density at radius 1 is 1.24 bits per heavy atom. The van der Waals surface area contributed by atoms with E-state index in [1.165, 1.54) is 0 Å². The number of hydrogen-bond donors (Lipinski definition) is 1. The second kappa shape index (κ2) is 4.23. The van der Waals surface area contributed by atoms with Crippen LogP contribution >= 0.6 is 11.3 Å². The minimum absolute atomic E-state index is 0.547. The maximum atomic E-state index is 5.54. The fraction of sp³-hybridized carbons (Fsp3) is 0.182. The van der Waals surface area contributed by atoms with Gasteiger partial charge in [-0.2, -0.15) is 21.0 Å². The van der Waals surface area contributed by atoms with Crippen LogP contribution in [0.25, 0.3) is 16.9 Å². The van der Waals surface area contributed by atoms with Gasteiger partial charge >= 0.3 is 0 Å². The van der Waals surface area contributed by atoms with Crippen LogP contribution in [0.1, 0.15) is 5.82 Å². The molecule has 0 amide bonds. The highest BCUT2D eigenvalue weighted by Crippen LogP contribution is 2.20. The van der Waals surface area contributed by atoms with Crippen LogP contribution in [0, 0.1) is 0 Å². The van der Waals surface area contributed by atoms with E-state index in [-0.39, 0.29) is 0 Å². The molecule has 0 spiro atoms. The van der Waals surface area contributed by atoms with Gasteiger partial charge in [0.1, 0.15) is 0 Å². The molecular formula is C11H11N5S. The van der Waals surface area contributed by atoms with Crippen molar-refractivity contribution in [1.82, 2.24) is 19.8 Å². The molecule has 0 aliphatic carbocycles. The van der Waals surface area contributed by atoms with Crippen LogP contribution in [0.15, 0.2) is 29.0 Å². The van der Waals surface area contributed by atoms with Crippen LogP contribution in [0.2, 0.25) is 0 Å². The van der Waals surface area contributed by atoms with E-state index < -0.39 is 0 Å². The Kier molecular flexibility index (Phi) is 2.58. The van der Waals surface area contributed by atoms with E-state index in [0.29, 0.717) is 13.0 Å². The van der Waals surface area contributed by atoms with Crippen LogP contribution in [0.4, 0.5) is 0 Å². The van der Waals surface area contributed by atoms with Crippen LogP contribution in [-0.4, -0.2) is 26.4 Å². The predicted octanol–water partition coefficient (Wildman–Crippen LogP) is 1.35. The van der Waals surface area contributed by atoms with Crippen molar-refractivity contribution in [2.75, 3.05) is 6.54 Å². The first-order chi connectivity index (χ1) is 8.38. The maximum absolute atomic E-state index is 5.54. The molecular weight excluding hydrogens is 234 g/mol. The van der Waals surface area contributed by atoms with Crippen LogP contribution < -0.4 is 5.73 Å². The zero-order valence-electron chi connectivity index (χ0n) is 9.08. The Hall–Kier alpha value is -1.79. The van der Waals surface area contributed by atoms with Crippen molar-refractivity contribution < 1.29 is 0 Å². The van der Waals surface area contributed by atoms with Crippen LogP contribution in [0.5, 0.6) is 0 Å². The molecule has 0 fully saturated rings. The molecule has 2 N–H and O–H groups in total. The first-order valence-electron chi connectivity index (χ1n) is 5.32. The molecule has 0 saturated carbocycles. The van der Waals surface area contributed by atoms with Gasteiger partial charge in [0.05, 0.1) is 5.69 Å². The molecule has 86 valence electrons. The first kappa shape index (κ1) is 10.4. The van der Waals surface area contributed by atoms with Gasteiger partial charge in [0, 0.05) is 17.4 Å². The largest absolute Gasteiger partial charge is 0.330 e. The summed E-state index contributed by atoms with van der Waals surface area (Å²) in [6, 6.07) is 5.93. The third-order valence-electron chi connectivity index (χ3n) is 2.51. The highest BCUT2D eigenvalue weighted by molar-refractivity contribution is 7.08. The highest BCUT2D eigenvalue weighted by Gasteiger charge is 2.07. The van der Waals surface area contributed by atoms with Gasteiger partial charge < -0.3 is 5.73 Å². The van der Waals surface area contributed by atoms with Crippen molar-refractivity contribution >= 4 is 17.0 Å². The van der Waals surface area contributed by atoms with Gasteiger partial charge in [0.2, 0.25) is 0 Å². The predicted molar refractivity (Wildman–Crippen MR) is 66.9 cm³/mol. The number of aromatic nitrogens is 4. The van der Waals surface area contributed by atoms with Gasteiger partial charge in [0.25, 0.3) is 0 Å². The summed E-state index contributed by atoms with van der Waals surface area (Å²) in [4.78, 5) is 0. The number of rotatable bonds is 3. The molecule has 17 heavy (non-hydrogen) atoms. The molecule has 0 unspecified atom stereocenters. The molecule has 5 nitrogen and oxygen atoms in total. The summed E-state index contributed by atoms with van der Waals surface area (Å²) in [5, 5.41) is 16.8. The molecule has 0 aliphatic rings. The molecule has 6 heteroatoms. The van der Waals surface area contributed by atoms with E-state index in [1.807, 2.05) is 23.6 Å². The van der Waals surface area contributed by atoms with E-state index in [9.17, 15) is 0 Å². The lowest BCUT2D eigenvalue weighted by Gasteiger charge is -2.00. The van der Waals surface area contributed by atoms with Gasteiger partial charge in [-0.15, -0.1) is 10.2 Å². The van der Waals surface area contributed by atoms with Gasteiger partial charge in [0.15, 0.2) is 11.5 Å². The Morgan fingerprint density at radius 2 is 2.18 bits per heavy atom. The fourth-order valence-electron chi connectivity index (χ4n) is 1.68. The summed E-state index contributed by atoms with van der Waals surface area (Å²) in [6.07, 6.45) is 0.682. The normalized spacial score (nSPS) is 11.1. The second-order valence-corrected chi connectivity index (χ2v) is 4.44. The molecule has 0 radical (unpaired) electrons. The molecule has 3 heterocycles. The molecule has 0 aliphatic heterocycles. The van der Waals surface area contributed by atoms with Gasteiger partial charge in [-0.25, -0.2) is 0 Å². The summed E-state index contributed by atoms with van der Waals surface area (Å²) in [5.74, 6) is 0.805. The SMILES string of the molecule is NCCc1nnc2ccc(-c3ccsc3)nn12. The number of nitrogens with zero attached hydrogens (tertiary/aromatic N) is 4. The van der Waals surface area contributed by atoms with Crippen molar-refractivity contribution in [3.8, 4) is 11.3 Å². The van der Waals surface area contributed by atoms with Crippen molar-refractivity contribution in [1.29, 1.82) is 0 Å². The number of fused-ring (bicyclic) bond motifs is 1. The Bertz CT molecular complexity index is 628. The third kappa shape index (κ3) is 1.81. The quantitative estimate of drug-likeness (QED) is 0.756. The third-order valence-corrected chi connectivity index (χ3v) is 3.20. The molecule has 0 aromatic carbocycles. The lowest BCUT2D eigenvalue weighted by Crippen LogP contribution is -2.08.